The number of carbonyl (C=O) groups is 1. The Morgan fingerprint density at radius 2 is 1.82 bits per heavy atom. The molecule has 0 radical (unpaired) electrons. The third kappa shape index (κ3) is 3.31. The Morgan fingerprint density at radius 3 is 2.45 bits per heavy atom. The Morgan fingerprint density at radius 1 is 1.18 bits per heavy atom. The van der Waals surface area contributed by atoms with Gasteiger partial charge in [0.1, 0.15) is 5.82 Å². The first-order valence-electron chi connectivity index (χ1n) is 7.85. The van der Waals surface area contributed by atoms with E-state index in [9.17, 15) is 9.18 Å². The molecule has 4 nitrogen and oxygen atoms in total. The molecular weight excluding hydrogens is 281 g/mol. The van der Waals surface area contributed by atoms with E-state index in [1.54, 1.807) is 4.90 Å². The van der Waals surface area contributed by atoms with Crippen molar-refractivity contribution < 1.29 is 9.18 Å². The number of hydrogen-bond acceptors (Lipinski definition) is 3. The van der Waals surface area contributed by atoms with E-state index in [0.717, 1.165) is 38.3 Å². The molecule has 2 saturated heterocycles. The highest BCUT2D eigenvalue weighted by atomic mass is 19.1. The fraction of sp³-hybridized carbons (Fsp3) is 0.588. The summed E-state index contributed by atoms with van der Waals surface area (Å²) in [6.45, 7) is 5.62. The van der Waals surface area contributed by atoms with E-state index in [0.29, 0.717) is 12.0 Å². The van der Waals surface area contributed by atoms with Gasteiger partial charge in [0.05, 0.1) is 6.54 Å². The third-order valence-corrected chi connectivity index (χ3v) is 4.81. The zero-order chi connectivity index (χ0) is 15.7. The number of rotatable bonds is 4. The van der Waals surface area contributed by atoms with Crippen LogP contribution in [0.4, 0.5) is 4.39 Å². The topological polar surface area (TPSA) is 26.8 Å². The molecular formula is C17H24FN3O. The third-order valence-electron chi connectivity index (χ3n) is 4.81. The number of nitrogens with zero attached hydrogens (tertiary/aromatic N) is 3. The Kier molecular flexibility index (Phi) is 4.19. The molecule has 5 heteroatoms. The average molecular weight is 305 g/mol. The predicted octanol–water partition coefficient (Wildman–Crippen LogP) is 1.42. The van der Waals surface area contributed by atoms with Crippen LogP contribution in [0.3, 0.4) is 0 Å². The lowest BCUT2D eigenvalue weighted by Crippen LogP contribution is -2.57. The van der Waals surface area contributed by atoms with Crippen molar-refractivity contribution in [2.75, 3.05) is 46.8 Å². The molecule has 0 unspecified atom stereocenters. The number of likely N-dealkylation sites (N-methyl/N-ethyl adjacent to an activating group) is 1. The SMILES string of the molecule is CN(C)C(=O)CN1CCC2(C1)CN(Cc1ccc(F)cc1)C2. The minimum absolute atomic E-state index is 0.180. The molecule has 3 rings (SSSR count). The van der Waals surface area contributed by atoms with Crippen molar-refractivity contribution in [3.8, 4) is 0 Å². The van der Waals surface area contributed by atoms with Gasteiger partial charge >= 0.3 is 0 Å². The zero-order valence-electron chi connectivity index (χ0n) is 13.4. The lowest BCUT2D eigenvalue weighted by molar-refractivity contribution is -0.129. The Labute approximate surface area is 131 Å². The molecule has 1 aromatic rings. The van der Waals surface area contributed by atoms with Crippen molar-refractivity contribution >= 4 is 5.91 Å². The summed E-state index contributed by atoms with van der Waals surface area (Å²) in [6.07, 6.45) is 1.17. The van der Waals surface area contributed by atoms with Crippen LogP contribution < -0.4 is 0 Å². The number of amides is 1. The quantitative estimate of drug-likeness (QED) is 0.842. The number of halogens is 1. The van der Waals surface area contributed by atoms with Crippen molar-refractivity contribution in [1.29, 1.82) is 0 Å². The maximum absolute atomic E-state index is 12.9. The van der Waals surface area contributed by atoms with E-state index in [4.69, 9.17) is 0 Å². The maximum atomic E-state index is 12.9. The van der Waals surface area contributed by atoms with Crippen LogP contribution in [-0.2, 0) is 11.3 Å². The van der Waals surface area contributed by atoms with E-state index in [2.05, 4.69) is 9.80 Å². The van der Waals surface area contributed by atoms with Crippen LogP contribution in [0.15, 0.2) is 24.3 Å². The summed E-state index contributed by atoms with van der Waals surface area (Å²) in [5.74, 6) is 0.000338. The first-order valence-corrected chi connectivity index (χ1v) is 7.85. The number of likely N-dealkylation sites (tertiary alicyclic amines) is 2. The monoisotopic (exact) mass is 305 g/mol. The van der Waals surface area contributed by atoms with Gasteiger partial charge in [-0.3, -0.25) is 14.6 Å². The molecule has 2 fully saturated rings. The Hall–Kier alpha value is -1.46. The first-order chi connectivity index (χ1) is 10.5. The van der Waals surface area contributed by atoms with Gasteiger partial charge in [-0.05, 0) is 30.7 Å². The summed E-state index contributed by atoms with van der Waals surface area (Å²) in [5, 5.41) is 0. The molecule has 2 aliphatic heterocycles. The van der Waals surface area contributed by atoms with Crippen molar-refractivity contribution in [3.05, 3.63) is 35.6 Å². The minimum atomic E-state index is -0.180. The molecule has 0 N–H and O–H groups in total. The number of benzene rings is 1. The second-order valence-corrected chi connectivity index (χ2v) is 7.02. The van der Waals surface area contributed by atoms with Crippen LogP contribution in [0.25, 0.3) is 0 Å². The van der Waals surface area contributed by atoms with Crippen LogP contribution in [0.5, 0.6) is 0 Å². The molecule has 1 amide bonds. The molecule has 2 heterocycles. The number of carbonyl (C=O) groups excluding carboxylic acids is 1. The highest BCUT2D eigenvalue weighted by molar-refractivity contribution is 5.77. The highest BCUT2D eigenvalue weighted by Crippen LogP contribution is 2.40. The second-order valence-electron chi connectivity index (χ2n) is 7.02. The first kappa shape index (κ1) is 15.4. The van der Waals surface area contributed by atoms with E-state index >= 15 is 0 Å². The van der Waals surface area contributed by atoms with Gasteiger partial charge in [0.25, 0.3) is 0 Å². The van der Waals surface area contributed by atoms with Crippen LogP contribution in [0.2, 0.25) is 0 Å². The molecule has 120 valence electrons. The summed E-state index contributed by atoms with van der Waals surface area (Å²) >= 11 is 0. The van der Waals surface area contributed by atoms with Crippen molar-refractivity contribution in [2.45, 2.75) is 13.0 Å². The normalized spacial score (nSPS) is 21.0. The largest absolute Gasteiger partial charge is 0.348 e. The van der Waals surface area contributed by atoms with E-state index in [-0.39, 0.29) is 11.7 Å². The molecule has 1 spiro atoms. The lowest BCUT2D eigenvalue weighted by atomic mass is 9.79. The van der Waals surface area contributed by atoms with Gasteiger partial charge in [-0.2, -0.15) is 0 Å². The van der Waals surface area contributed by atoms with Crippen LogP contribution in [0.1, 0.15) is 12.0 Å². The summed E-state index contributed by atoms with van der Waals surface area (Å²) in [7, 11) is 3.61. The fourth-order valence-electron chi connectivity index (χ4n) is 3.62. The van der Waals surface area contributed by atoms with Crippen LogP contribution in [0, 0.1) is 11.2 Å². The van der Waals surface area contributed by atoms with Gasteiger partial charge in [0, 0.05) is 45.7 Å². The van der Waals surface area contributed by atoms with Gasteiger partial charge in [-0.1, -0.05) is 12.1 Å². The smallest absolute Gasteiger partial charge is 0.236 e. The minimum Gasteiger partial charge on any atom is -0.348 e. The van der Waals surface area contributed by atoms with Gasteiger partial charge in [-0.15, -0.1) is 0 Å². The Bertz CT molecular complexity index is 537. The predicted molar refractivity (Wildman–Crippen MR) is 83.9 cm³/mol. The standard InChI is InChI=1S/C17H24FN3O/c1-19(2)16(22)10-20-8-7-17(11-20)12-21(13-17)9-14-3-5-15(18)6-4-14/h3-6H,7-13H2,1-2H3. The zero-order valence-corrected chi connectivity index (χ0v) is 13.4. The van der Waals surface area contributed by atoms with Gasteiger partial charge < -0.3 is 4.90 Å². The van der Waals surface area contributed by atoms with Crippen molar-refractivity contribution in [1.82, 2.24) is 14.7 Å². The molecule has 2 aliphatic rings. The van der Waals surface area contributed by atoms with Gasteiger partial charge in [0.2, 0.25) is 5.91 Å². The fourth-order valence-corrected chi connectivity index (χ4v) is 3.62. The maximum Gasteiger partial charge on any atom is 0.236 e. The molecule has 0 bridgehead atoms. The van der Waals surface area contributed by atoms with Crippen molar-refractivity contribution in [2.24, 2.45) is 5.41 Å². The highest BCUT2D eigenvalue weighted by Gasteiger charge is 2.47. The molecule has 1 aromatic carbocycles. The summed E-state index contributed by atoms with van der Waals surface area (Å²) in [5.41, 5.74) is 1.53. The second kappa shape index (κ2) is 5.97. The number of hydrogen-bond donors (Lipinski definition) is 0. The average Bonchev–Trinajstić information content (AvgIpc) is 2.85. The molecule has 0 aromatic heterocycles. The molecule has 22 heavy (non-hydrogen) atoms. The molecule has 0 atom stereocenters. The summed E-state index contributed by atoms with van der Waals surface area (Å²) < 4.78 is 12.9. The van der Waals surface area contributed by atoms with E-state index in [1.165, 1.54) is 18.6 Å². The van der Waals surface area contributed by atoms with Crippen LogP contribution in [-0.4, -0.2) is 67.4 Å². The van der Waals surface area contributed by atoms with E-state index in [1.807, 2.05) is 26.2 Å². The van der Waals surface area contributed by atoms with Crippen LogP contribution >= 0.6 is 0 Å². The molecule has 0 aliphatic carbocycles. The summed E-state index contributed by atoms with van der Waals surface area (Å²) in [4.78, 5) is 18.1. The Balaban J connectivity index is 1.46. The lowest BCUT2D eigenvalue weighted by Gasteiger charge is -2.48. The van der Waals surface area contributed by atoms with E-state index < -0.39 is 0 Å². The summed E-state index contributed by atoms with van der Waals surface area (Å²) in [6, 6.07) is 6.76. The van der Waals surface area contributed by atoms with Crippen molar-refractivity contribution in [3.63, 3.8) is 0 Å². The van der Waals surface area contributed by atoms with Gasteiger partial charge in [0.15, 0.2) is 0 Å². The molecule has 0 saturated carbocycles. The van der Waals surface area contributed by atoms with Gasteiger partial charge in [-0.25, -0.2) is 4.39 Å².